The molecule has 1 rings (SSSR count). The summed E-state index contributed by atoms with van der Waals surface area (Å²) < 4.78 is 37.4. The maximum atomic E-state index is 5.60. The molecular formula is C18H32O7S. The van der Waals surface area contributed by atoms with Gasteiger partial charge in [-0.1, -0.05) is 0 Å². The van der Waals surface area contributed by atoms with Crippen molar-refractivity contribution in [3.63, 3.8) is 0 Å². The topological polar surface area (TPSA) is 64.6 Å². The minimum atomic E-state index is 0.550. The molecule has 0 fully saturated rings. The van der Waals surface area contributed by atoms with Crippen molar-refractivity contribution in [2.45, 2.75) is 6.92 Å². The molecule has 0 bridgehead atoms. The van der Waals surface area contributed by atoms with Gasteiger partial charge in [-0.25, -0.2) is 0 Å². The van der Waals surface area contributed by atoms with Crippen LogP contribution in [0.15, 0.2) is 10.8 Å². The molecule has 1 heterocycles. The van der Waals surface area contributed by atoms with E-state index in [9.17, 15) is 0 Å². The summed E-state index contributed by atoms with van der Waals surface area (Å²) in [4.78, 5) is 0. The van der Waals surface area contributed by atoms with Crippen LogP contribution in [0.25, 0.3) is 0 Å². The standard InChI is InChI=1S/C18H32O7S/c1-17-15-26-16-18(17)25-14-13-24-12-11-23-10-9-22-8-7-21-6-5-20-4-3-19-2/h15-16H,3-14H2,1-2H3. The molecule has 1 aromatic heterocycles. The molecule has 0 atom stereocenters. The van der Waals surface area contributed by atoms with E-state index in [1.807, 2.05) is 12.3 Å². The molecule has 0 amide bonds. The Morgan fingerprint density at radius 2 is 1.04 bits per heavy atom. The van der Waals surface area contributed by atoms with Crippen molar-refractivity contribution in [3.05, 3.63) is 16.3 Å². The van der Waals surface area contributed by atoms with Crippen LogP contribution in [0, 0.1) is 6.92 Å². The van der Waals surface area contributed by atoms with Crippen LogP contribution in [0.4, 0.5) is 0 Å². The third kappa shape index (κ3) is 13.5. The molecule has 0 aliphatic carbocycles. The van der Waals surface area contributed by atoms with Gasteiger partial charge in [0.05, 0.1) is 72.7 Å². The molecule has 152 valence electrons. The molecule has 8 heteroatoms. The molecule has 0 spiro atoms. The zero-order valence-electron chi connectivity index (χ0n) is 15.9. The Hall–Kier alpha value is -0.740. The van der Waals surface area contributed by atoms with Gasteiger partial charge in [-0.2, -0.15) is 0 Å². The largest absolute Gasteiger partial charge is 0.490 e. The molecule has 1 aromatic rings. The molecule has 0 radical (unpaired) electrons. The van der Waals surface area contributed by atoms with E-state index >= 15 is 0 Å². The van der Waals surface area contributed by atoms with Gasteiger partial charge in [-0.3, -0.25) is 0 Å². The first-order valence-electron chi connectivity index (χ1n) is 8.88. The third-order valence-electron chi connectivity index (χ3n) is 3.21. The van der Waals surface area contributed by atoms with Crippen LogP contribution in [0.2, 0.25) is 0 Å². The lowest BCUT2D eigenvalue weighted by atomic mass is 10.4. The van der Waals surface area contributed by atoms with Crippen molar-refractivity contribution in [2.24, 2.45) is 0 Å². The molecule has 0 unspecified atom stereocenters. The van der Waals surface area contributed by atoms with E-state index in [4.69, 9.17) is 33.2 Å². The van der Waals surface area contributed by atoms with E-state index in [1.54, 1.807) is 18.4 Å². The first-order valence-corrected chi connectivity index (χ1v) is 9.82. The highest BCUT2D eigenvalue weighted by molar-refractivity contribution is 7.08. The van der Waals surface area contributed by atoms with Gasteiger partial charge in [0.1, 0.15) is 12.4 Å². The average molecular weight is 393 g/mol. The number of thiophene rings is 1. The second-order valence-corrected chi connectivity index (χ2v) is 6.07. The van der Waals surface area contributed by atoms with Crippen LogP contribution >= 0.6 is 11.3 Å². The third-order valence-corrected chi connectivity index (χ3v) is 4.05. The molecule has 0 aliphatic rings. The molecule has 0 N–H and O–H groups in total. The van der Waals surface area contributed by atoms with Gasteiger partial charge in [-0.15, -0.1) is 11.3 Å². The second kappa shape index (κ2) is 17.7. The van der Waals surface area contributed by atoms with Crippen molar-refractivity contribution >= 4 is 11.3 Å². The minimum absolute atomic E-state index is 0.550. The minimum Gasteiger partial charge on any atom is -0.490 e. The van der Waals surface area contributed by atoms with Crippen LogP contribution in [0.3, 0.4) is 0 Å². The summed E-state index contributed by atoms with van der Waals surface area (Å²) >= 11 is 1.64. The fraction of sp³-hybridized carbons (Fsp3) is 0.778. The van der Waals surface area contributed by atoms with Crippen LogP contribution in [0.1, 0.15) is 5.56 Å². The Balaban J connectivity index is 1.69. The Morgan fingerprint density at radius 1 is 0.615 bits per heavy atom. The highest BCUT2D eigenvalue weighted by atomic mass is 32.1. The van der Waals surface area contributed by atoms with E-state index < -0.39 is 0 Å². The van der Waals surface area contributed by atoms with E-state index in [2.05, 4.69) is 5.38 Å². The lowest BCUT2D eigenvalue weighted by Crippen LogP contribution is -2.14. The predicted molar refractivity (Wildman–Crippen MR) is 101 cm³/mol. The highest BCUT2D eigenvalue weighted by Crippen LogP contribution is 2.21. The maximum absolute atomic E-state index is 5.60. The normalized spacial score (nSPS) is 11.2. The van der Waals surface area contributed by atoms with Crippen LogP contribution < -0.4 is 4.74 Å². The van der Waals surface area contributed by atoms with Crippen molar-refractivity contribution in [3.8, 4) is 5.75 Å². The fourth-order valence-corrected chi connectivity index (χ4v) is 2.60. The van der Waals surface area contributed by atoms with Crippen molar-refractivity contribution in [1.29, 1.82) is 0 Å². The molecule has 7 nitrogen and oxygen atoms in total. The highest BCUT2D eigenvalue weighted by Gasteiger charge is 1.99. The van der Waals surface area contributed by atoms with Gasteiger partial charge in [0, 0.05) is 18.1 Å². The zero-order valence-corrected chi connectivity index (χ0v) is 16.7. The summed E-state index contributed by atoms with van der Waals surface area (Å²) in [5, 5.41) is 4.07. The molecule has 0 aliphatic heterocycles. The molecule has 0 aromatic carbocycles. The molecule has 26 heavy (non-hydrogen) atoms. The number of hydrogen-bond donors (Lipinski definition) is 0. The second-order valence-electron chi connectivity index (χ2n) is 5.32. The van der Waals surface area contributed by atoms with E-state index in [0.29, 0.717) is 79.3 Å². The number of ether oxygens (including phenoxy) is 7. The van der Waals surface area contributed by atoms with Gasteiger partial charge in [0.25, 0.3) is 0 Å². The number of aryl methyl sites for hydroxylation is 1. The monoisotopic (exact) mass is 392 g/mol. The molecular weight excluding hydrogens is 360 g/mol. The van der Waals surface area contributed by atoms with Gasteiger partial charge in [-0.05, 0) is 12.3 Å². The predicted octanol–water partition coefficient (Wildman–Crippen LogP) is 2.16. The Labute approximate surface area is 160 Å². The summed E-state index contributed by atoms with van der Waals surface area (Å²) in [6, 6.07) is 0. The Morgan fingerprint density at radius 3 is 1.42 bits per heavy atom. The first kappa shape index (κ1) is 23.3. The number of rotatable bonds is 19. The van der Waals surface area contributed by atoms with E-state index in [-0.39, 0.29) is 0 Å². The van der Waals surface area contributed by atoms with Crippen molar-refractivity contribution in [2.75, 3.05) is 86.4 Å². The lowest BCUT2D eigenvalue weighted by Gasteiger charge is -2.08. The SMILES string of the molecule is COCCOCCOCCOCCOCCOCCOc1cscc1C. The van der Waals surface area contributed by atoms with Crippen molar-refractivity contribution < 1.29 is 33.2 Å². The Kier molecular flexibility index (Phi) is 15.8. The smallest absolute Gasteiger partial charge is 0.132 e. The average Bonchev–Trinajstić information content (AvgIpc) is 3.05. The summed E-state index contributed by atoms with van der Waals surface area (Å²) in [5.41, 5.74) is 1.17. The van der Waals surface area contributed by atoms with Crippen LogP contribution in [0.5, 0.6) is 5.75 Å². The zero-order chi connectivity index (χ0) is 18.7. The van der Waals surface area contributed by atoms with Gasteiger partial charge < -0.3 is 33.2 Å². The van der Waals surface area contributed by atoms with Gasteiger partial charge >= 0.3 is 0 Å². The summed E-state index contributed by atoms with van der Waals surface area (Å²) in [6.07, 6.45) is 0. The van der Waals surface area contributed by atoms with E-state index in [1.165, 1.54) is 5.56 Å². The van der Waals surface area contributed by atoms with Crippen LogP contribution in [-0.2, 0) is 28.4 Å². The fourth-order valence-electron chi connectivity index (χ4n) is 1.83. The lowest BCUT2D eigenvalue weighted by molar-refractivity contribution is -0.0159. The Bertz CT molecular complexity index is 414. The van der Waals surface area contributed by atoms with Crippen LogP contribution in [-0.4, -0.2) is 86.4 Å². The summed E-state index contributed by atoms with van der Waals surface area (Å²) in [7, 11) is 1.65. The summed E-state index contributed by atoms with van der Waals surface area (Å²) in [6.45, 7) is 8.80. The van der Waals surface area contributed by atoms with Gasteiger partial charge in [0.15, 0.2) is 0 Å². The van der Waals surface area contributed by atoms with Gasteiger partial charge in [0.2, 0.25) is 0 Å². The van der Waals surface area contributed by atoms with Crippen molar-refractivity contribution in [1.82, 2.24) is 0 Å². The maximum Gasteiger partial charge on any atom is 0.132 e. The number of methoxy groups -OCH3 is 1. The first-order chi connectivity index (χ1) is 12.8. The summed E-state index contributed by atoms with van der Waals surface area (Å²) in [5.74, 6) is 0.939. The molecule has 0 saturated carbocycles. The van der Waals surface area contributed by atoms with E-state index in [0.717, 1.165) is 5.75 Å². The molecule has 0 saturated heterocycles. The number of hydrogen-bond acceptors (Lipinski definition) is 8. The quantitative estimate of drug-likeness (QED) is 0.334.